The Kier molecular flexibility index (Phi) is 10.1. The molecule has 0 aliphatic heterocycles. The van der Waals surface area contributed by atoms with Gasteiger partial charge < -0.3 is 29.2 Å². The highest BCUT2D eigenvalue weighted by atomic mass is 32.2. The van der Waals surface area contributed by atoms with Gasteiger partial charge in [-0.15, -0.1) is 32.0 Å². The number of methoxy groups -OCH3 is 3. The molecular formula is C29H29N3O11S. The molecule has 232 valence electrons. The quantitative estimate of drug-likeness (QED) is 0.171. The fourth-order valence-corrected chi connectivity index (χ4v) is 5.64. The molecule has 0 saturated heterocycles. The number of benzene rings is 2. The van der Waals surface area contributed by atoms with Crippen LogP contribution in [0.1, 0.15) is 45.1 Å². The van der Waals surface area contributed by atoms with Gasteiger partial charge in [0.1, 0.15) is 13.2 Å². The predicted molar refractivity (Wildman–Crippen MR) is 158 cm³/mol. The third-order valence-electron chi connectivity index (χ3n) is 7.01. The highest BCUT2D eigenvalue weighted by molar-refractivity contribution is 7.98. The number of hydrogen-bond acceptors (Lipinski definition) is 12. The number of carbonyl (C=O) groups is 1. The molecule has 1 atom stereocenters. The number of thioether (sulfide) groups is 1. The van der Waals surface area contributed by atoms with Gasteiger partial charge >= 0.3 is 0 Å². The number of carbonyl (C=O) groups excluding carboxylic acids is 1. The smallest absolute Gasteiger partial charge is 0.294 e. The van der Waals surface area contributed by atoms with Gasteiger partial charge in [0.15, 0.2) is 16.9 Å². The van der Waals surface area contributed by atoms with E-state index >= 15 is 0 Å². The molecule has 4 rings (SSSR count). The molecular weight excluding hydrogens is 598 g/mol. The molecule has 15 heteroatoms. The number of aryl methyl sites for hydroxylation is 1. The van der Waals surface area contributed by atoms with Gasteiger partial charge in [0, 0.05) is 11.1 Å². The first-order valence-electron chi connectivity index (χ1n) is 13.1. The molecule has 0 bridgehead atoms. The third-order valence-corrected chi connectivity index (χ3v) is 7.79. The molecule has 0 unspecified atom stereocenters. The number of hydrogen-bond donors (Lipinski definition) is 1. The summed E-state index contributed by atoms with van der Waals surface area (Å²) >= 11 is 1.29. The second-order valence-electron chi connectivity index (χ2n) is 9.56. The highest BCUT2D eigenvalue weighted by Crippen LogP contribution is 2.50. The summed E-state index contributed by atoms with van der Waals surface area (Å²) in [6, 6.07) is 10.4. The molecule has 3 aromatic rings. The zero-order valence-electron chi connectivity index (χ0n) is 24.2. The summed E-state index contributed by atoms with van der Waals surface area (Å²) in [5, 5.41) is 22.5. The second-order valence-corrected chi connectivity index (χ2v) is 10.4. The summed E-state index contributed by atoms with van der Waals surface area (Å²) in [6.45, 7) is -0.977. The van der Waals surface area contributed by atoms with E-state index in [9.17, 15) is 29.8 Å². The molecule has 1 amide bonds. The topological polar surface area (TPSA) is 179 Å². The van der Waals surface area contributed by atoms with Crippen LogP contribution in [0.25, 0.3) is 11.1 Å². The minimum atomic E-state index is -0.984. The fourth-order valence-electron chi connectivity index (χ4n) is 5.17. The van der Waals surface area contributed by atoms with Crippen molar-refractivity contribution >= 4 is 17.7 Å². The minimum Gasteiger partial charge on any atom is -0.493 e. The Labute approximate surface area is 255 Å². The van der Waals surface area contributed by atoms with Gasteiger partial charge in [-0.25, -0.2) is 0 Å². The van der Waals surface area contributed by atoms with Crippen LogP contribution in [0.5, 0.6) is 17.2 Å². The van der Waals surface area contributed by atoms with Gasteiger partial charge in [-0.05, 0) is 77.2 Å². The summed E-state index contributed by atoms with van der Waals surface area (Å²) in [7, 11) is 4.52. The third kappa shape index (κ3) is 6.94. The number of amides is 1. The van der Waals surface area contributed by atoms with Crippen molar-refractivity contribution < 1.29 is 38.9 Å². The zero-order chi connectivity index (χ0) is 32.0. The lowest BCUT2D eigenvalue weighted by Crippen LogP contribution is -2.29. The number of rotatable bonds is 12. The lowest BCUT2D eigenvalue weighted by Gasteiger charge is -2.20. The predicted octanol–water partition coefficient (Wildman–Crippen LogP) is 4.30. The monoisotopic (exact) mass is 627 g/mol. The fraction of sp³-hybridized carbons (Fsp3) is 0.310. The van der Waals surface area contributed by atoms with Gasteiger partial charge in [0.25, 0.3) is 16.1 Å². The van der Waals surface area contributed by atoms with Gasteiger partial charge in [-0.1, -0.05) is 12.1 Å². The van der Waals surface area contributed by atoms with Crippen LogP contribution >= 0.6 is 11.8 Å². The van der Waals surface area contributed by atoms with Crippen molar-refractivity contribution in [1.29, 1.82) is 0 Å². The normalized spacial score (nSPS) is 13.4. The number of fused-ring (bicyclic) bond motifs is 3. The molecule has 14 nitrogen and oxygen atoms in total. The van der Waals surface area contributed by atoms with E-state index in [4.69, 9.17) is 14.2 Å². The summed E-state index contributed by atoms with van der Waals surface area (Å²) in [5.41, 5.74) is 3.01. The average molecular weight is 628 g/mol. The standard InChI is InChI=1S/C29H29N3O11S/c1-39-24-12-18-5-7-22(21-13-23(33)25(44-4)8-6-20(21)26(18)28(41-3)27(24)40-2)30-29(34)19-10-16(14-42-31(35)36)9-17(11-19)15-43-32(37)38/h6,8-13,22H,5,7,14-15H2,1-4H3,(H,30,34)/t22-/m0/s1. The van der Waals surface area contributed by atoms with Crippen LogP contribution in [0.3, 0.4) is 0 Å². The van der Waals surface area contributed by atoms with E-state index in [0.717, 1.165) is 5.56 Å². The van der Waals surface area contributed by atoms with Crippen LogP contribution < -0.4 is 25.0 Å². The molecule has 1 N–H and O–H groups in total. The molecule has 0 spiro atoms. The minimum absolute atomic E-state index is 0.0630. The Balaban J connectivity index is 1.83. The van der Waals surface area contributed by atoms with Crippen LogP contribution in [0.4, 0.5) is 0 Å². The van der Waals surface area contributed by atoms with Crippen LogP contribution in [0.2, 0.25) is 0 Å². The average Bonchev–Trinajstić information content (AvgIpc) is 3.25. The molecule has 3 aromatic carbocycles. The van der Waals surface area contributed by atoms with Crippen LogP contribution in [-0.4, -0.2) is 43.7 Å². The number of nitrogens with one attached hydrogen (secondary N) is 1. The summed E-state index contributed by atoms with van der Waals surface area (Å²) in [5.74, 6) is 0.663. The van der Waals surface area contributed by atoms with Crippen molar-refractivity contribution in [3.05, 3.63) is 101 Å². The number of ether oxygens (including phenoxy) is 3. The Morgan fingerprint density at radius 3 is 2.11 bits per heavy atom. The van der Waals surface area contributed by atoms with Crippen molar-refractivity contribution in [3.8, 4) is 28.4 Å². The summed E-state index contributed by atoms with van der Waals surface area (Å²) in [4.78, 5) is 57.8. The summed E-state index contributed by atoms with van der Waals surface area (Å²) < 4.78 is 17.0. The van der Waals surface area contributed by atoms with E-state index in [0.29, 0.717) is 51.7 Å². The number of nitrogens with zero attached hydrogens (tertiary/aromatic N) is 2. The van der Waals surface area contributed by atoms with Gasteiger partial charge in [0.05, 0.1) is 32.3 Å². The largest absolute Gasteiger partial charge is 0.493 e. The Morgan fingerprint density at radius 2 is 1.57 bits per heavy atom. The maximum absolute atomic E-state index is 13.7. The molecule has 0 heterocycles. The lowest BCUT2D eigenvalue weighted by atomic mass is 9.95. The van der Waals surface area contributed by atoms with E-state index in [-0.39, 0.29) is 22.1 Å². The van der Waals surface area contributed by atoms with Crippen molar-refractivity contribution in [2.45, 2.75) is 37.0 Å². The van der Waals surface area contributed by atoms with Crippen LogP contribution in [-0.2, 0) is 29.3 Å². The first kappa shape index (κ1) is 31.9. The van der Waals surface area contributed by atoms with Crippen molar-refractivity contribution in [1.82, 2.24) is 5.32 Å². The SMILES string of the molecule is COc1cc2c(c(OC)c1OC)-c1ccc(SC)c(=O)cc1[C@@H](NC(=O)c1cc(CO[N+](=O)[O-])cc(CO[N+](=O)[O-])c1)CC2. The lowest BCUT2D eigenvalue weighted by molar-refractivity contribution is -0.763. The van der Waals surface area contributed by atoms with Gasteiger partial charge in [-0.2, -0.15) is 0 Å². The molecule has 1 aliphatic carbocycles. The van der Waals surface area contributed by atoms with Crippen LogP contribution in [0.15, 0.2) is 52.2 Å². The van der Waals surface area contributed by atoms with Gasteiger partial charge in [-0.3, -0.25) is 9.59 Å². The summed E-state index contributed by atoms with van der Waals surface area (Å²) in [6.07, 6.45) is 2.63. The first-order valence-corrected chi connectivity index (χ1v) is 14.3. The molecule has 0 radical (unpaired) electrons. The van der Waals surface area contributed by atoms with E-state index in [2.05, 4.69) is 15.0 Å². The molecule has 0 fully saturated rings. The van der Waals surface area contributed by atoms with Crippen molar-refractivity contribution in [2.75, 3.05) is 27.6 Å². The van der Waals surface area contributed by atoms with Gasteiger partial charge in [0.2, 0.25) is 5.75 Å². The molecule has 0 aromatic heterocycles. The Hall–Kier alpha value is -5.05. The Bertz CT molecular complexity index is 1630. The van der Waals surface area contributed by atoms with E-state index in [1.807, 2.05) is 12.1 Å². The molecule has 1 aliphatic rings. The van der Waals surface area contributed by atoms with Crippen LogP contribution in [0, 0.1) is 20.2 Å². The van der Waals surface area contributed by atoms with Crippen molar-refractivity contribution in [2.24, 2.45) is 0 Å². The van der Waals surface area contributed by atoms with Crippen molar-refractivity contribution in [3.63, 3.8) is 0 Å². The molecule has 44 heavy (non-hydrogen) atoms. The van der Waals surface area contributed by atoms with E-state index < -0.39 is 35.3 Å². The Morgan fingerprint density at radius 1 is 0.932 bits per heavy atom. The highest BCUT2D eigenvalue weighted by Gasteiger charge is 2.30. The maximum Gasteiger partial charge on any atom is 0.294 e. The second kappa shape index (κ2) is 13.9. The molecule has 0 saturated carbocycles. The zero-order valence-corrected chi connectivity index (χ0v) is 25.1. The van der Waals surface area contributed by atoms with E-state index in [1.54, 1.807) is 12.3 Å². The first-order chi connectivity index (χ1) is 21.1. The maximum atomic E-state index is 13.7. The van der Waals surface area contributed by atoms with E-state index in [1.165, 1.54) is 57.4 Å².